The molecule has 2 atom stereocenters. The minimum absolute atomic E-state index is 0.0481. The number of aromatic nitrogens is 3. The Morgan fingerprint density at radius 1 is 0.820 bits per heavy atom. The van der Waals surface area contributed by atoms with Crippen LogP contribution in [-0.2, 0) is 16.1 Å². The Balaban J connectivity index is 0.858. The zero-order valence-electron chi connectivity index (χ0n) is 34.2. The Morgan fingerprint density at radius 3 is 2.31 bits per heavy atom. The number of nitrogens with zero attached hydrogens (tertiary/aromatic N) is 4. The lowest BCUT2D eigenvalue weighted by atomic mass is 9.90. The number of aliphatic hydroxyl groups is 1. The molecule has 2 saturated heterocycles. The molecule has 0 aliphatic carbocycles. The summed E-state index contributed by atoms with van der Waals surface area (Å²) < 4.78 is 6.08. The second-order valence-corrected chi connectivity index (χ2v) is 16.3. The molecule has 8 rings (SSSR count). The van der Waals surface area contributed by atoms with Crippen LogP contribution in [0.2, 0.25) is 0 Å². The van der Waals surface area contributed by atoms with Gasteiger partial charge in [-0.05, 0) is 97.6 Å². The summed E-state index contributed by atoms with van der Waals surface area (Å²) in [6, 6.07) is 34.0. The Labute approximate surface area is 355 Å². The molecule has 0 spiro atoms. The number of fused-ring (bicyclic) bond motifs is 1. The van der Waals surface area contributed by atoms with Gasteiger partial charge in [-0.25, -0.2) is 4.98 Å². The molecule has 2 aliphatic heterocycles. The van der Waals surface area contributed by atoms with Crippen LogP contribution in [0, 0.1) is 11.8 Å². The molecule has 4 heterocycles. The molecule has 1 amide bonds. The molecule has 0 radical (unpaired) electrons. The van der Waals surface area contributed by atoms with Crippen LogP contribution in [-0.4, -0.2) is 92.7 Å². The summed E-state index contributed by atoms with van der Waals surface area (Å²) in [5, 5.41) is 25.1. The first-order chi connectivity index (χ1) is 29.8. The first-order valence-electron chi connectivity index (χ1n) is 21.2. The third kappa shape index (κ3) is 10.2. The predicted octanol–water partition coefficient (Wildman–Crippen LogP) is 6.45. The Hall–Kier alpha value is -6.21. The van der Waals surface area contributed by atoms with E-state index < -0.39 is 12.0 Å². The van der Waals surface area contributed by atoms with Crippen molar-refractivity contribution in [2.45, 2.75) is 44.2 Å². The van der Waals surface area contributed by atoms with Crippen LogP contribution in [0.15, 0.2) is 126 Å². The van der Waals surface area contributed by atoms with Gasteiger partial charge in [0.1, 0.15) is 17.4 Å². The van der Waals surface area contributed by atoms with Crippen molar-refractivity contribution >= 4 is 22.8 Å². The van der Waals surface area contributed by atoms with Crippen molar-refractivity contribution in [2.24, 2.45) is 11.8 Å². The number of hydrogen-bond acceptors (Lipinski definition) is 10. The molecule has 0 saturated carbocycles. The van der Waals surface area contributed by atoms with Crippen LogP contribution in [0.5, 0.6) is 5.75 Å². The zero-order valence-corrected chi connectivity index (χ0v) is 34.2. The molecule has 2 unspecified atom stereocenters. The number of aliphatic hydroxyl groups excluding tert-OH is 1. The Morgan fingerprint density at radius 2 is 1.54 bits per heavy atom. The van der Waals surface area contributed by atoms with E-state index in [1.54, 1.807) is 18.3 Å². The second-order valence-electron chi connectivity index (χ2n) is 16.3. The summed E-state index contributed by atoms with van der Waals surface area (Å²) in [6.45, 7) is 5.37. The number of hydrogen-bond donors (Lipinski definition) is 4. The molecule has 4 aromatic carbocycles. The number of phenolic OH excluding ortho intramolecular Hbond substituents is 1. The smallest absolute Gasteiger partial charge is 0.317 e. The SMILES string of the molecule is O=C(OCC1CCN(Cc2ccccc2)CC1)C(c1ccccc1)c1cccc(-c2cncc(C(=O)N3CCC(CNCC(O)c4ccc(O)c5[nH]c(=O)ccc45)CC3)n2)c1. The predicted molar refractivity (Wildman–Crippen MR) is 234 cm³/mol. The van der Waals surface area contributed by atoms with E-state index in [4.69, 9.17) is 9.72 Å². The van der Waals surface area contributed by atoms with Crippen LogP contribution >= 0.6 is 0 Å². The summed E-state index contributed by atoms with van der Waals surface area (Å²) >= 11 is 0. The molecule has 0 bridgehead atoms. The molecule has 2 aliphatic rings. The maximum Gasteiger partial charge on any atom is 0.317 e. The van der Waals surface area contributed by atoms with Crippen LogP contribution < -0.4 is 10.9 Å². The fourth-order valence-electron chi connectivity index (χ4n) is 8.62. The maximum absolute atomic E-state index is 13.9. The lowest BCUT2D eigenvalue weighted by Gasteiger charge is -2.32. The number of esters is 1. The van der Waals surface area contributed by atoms with Gasteiger partial charge in [0.05, 0.1) is 36.3 Å². The number of H-pyrrole nitrogens is 1. The van der Waals surface area contributed by atoms with E-state index >= 15 is 0 Å². The molecule has 12 nitrogen and oxygen atoms in total. The van der Waals surface area contributed by atoms with Crippen molar-refractivity contribution in [3.05, 3.63) is 160 Å². The van der Waals surface area contributed by atoms with E-state index in [1.807, 2.05) is 65.6 Å². The van der Waals surface area contributed by atoms with Crippen molar-refractivity contribution < 1.29 is 24.5 Å². The number of benzene rings is 4. The Kier molecular flexibility index (Phi) is 13.2. The van der Waals surface area contributed by atoms with E-state index in [0.29, 0.717) is 66.8 Å². The van der Waals surface area contributed by atoms with Crippen LogP contribution in [0.1, 0.15) is 70.4 Å². The molecular weight excluding hydrogens is 769 g/mol. The summed E-state index contributed by atoms with van der Waals surface area (Å²) in [5.41, 5.74) is 5.08. The van der Waals surface area contributed by atoms with Gasteiger partial charge in [-0.3, -0.25) is 24.3 Å². The fraction of sp³-hybridized carbons (Fsp3) is 0.327. The monoisotopic (exact) mass is 820 g/mol. The largest absolute Gasteiger partial charge is 0.506 e. The molecular formula is C49H52N6O6. The van der Waals surface area contributed by atoms with E-state index in [9.17, 15) is 24.6 Å². The Bertz CT molecular complexity index is 2480. The number of phenols is 1. The molecule has 314 valence electrons. The molecule has 2 fully saturated rings. The van der Waals surface area contributed by atoms with Gasteiger partial charge in [-0.1, -0.05) is 84.9 Å². The van der Waals surface area contributed by atoms with Gasteiger partial charge in [0.15, 0.2) is 0 Å². The third-order valence-corrected chi connectivity index (χ3v) is 12.1. The van der Waals surface area contributed by atoms with Gasteiger partial charge in [0.2, 0.25) is 5.56 Å². The standard InChI is InChI=1S/C49H52N6O6/c56-43-16-14-39(40-15-17-45(58)53-47(40)43)44(57)30-50-27-33-20-24-55(25-21-33)48(59)42-29-51-28-41(52-42)37-12-7-13-38(26-37)46(36-10-5-2-6-11-36)49(60)61-32-35-18-22-54(23-19-35)31-34-8-3-1-4-9-34/h1-17,26,28-29,33,35,44,46,50,56-57H,18-25,27,30-32H2,(H,53,58). The number of aromatic hydroxyl groups is 1. The van der Waals surface area contributed by atoms with Crippen molar-refractivity contribution in [2.75, 3.05) is 45.9 Å². The maximum atomic E-state index is 13.9. The highest BCUT2D eigenvalue weighted by molar-refractivity contribution is 5.92. The molecule has 6 aromatic rings. The van der Waals surface area contributed by atoms with Crippen LogP contribution in [0.25, 0.3) is 22.2 Å². The number of ether oxygens (including phenoxy) is 1. The summed E-state index contributed by atoms with van der Waals surface area (Å²) in [6.07, 6.45) is 5.84. The number of rotatable bonds is 14. The summed E-state index contributed by atoms with van der Waals surface area (Å²) in [4.78, 5) is 55.5. The number of nitrogens with one attached hydrogen (secondary N) is 2. The second kappa shape index (κ2) is 19.4. The number of carbonyl (C=O) groups excluding carboxylic acids is 2. The number of piperidine rings is 2. The molecule has 2 aromatic heterocycles. The van der Waals surface area contributed by atoms with Gasteiger partial charge in [-0.2, -0.15) is 0 Å². The highest BCUT2D eigenvalue weighted by Crippen LogP contribution is 2.32. The summed E-state index contributed by atoms with van der Waals surface area (Å²) in [5.74, 6) is -0.522. The van der Waals surface area contributed by atoms with E-state index in [0.717, 1.165) is 62.0 Å². The molecule has 4 N–H and O–H groups in total. The van der Waals surface area contributed by atoms with Crippen molar-refractivity contribution in [1.82, 2.24) is 30.1 Å². The average molecular weight is 821 g/mol. The van der Waals surface area contributed by atoms with Crippen LogP contribution in [0.4, 0.5) is 0 Å². The highest BCUT2D eigenvalue weighted by Gasteiger charge is 2.29. The third-order valence-electron chi connectivity index (χ3n) is 12.1. The van der Waals surface area contributed by atoms with Gasteiger partial charge < -0.3 is 30.2 Å². The average Bonchev–Trinajstić information content (AvgIpc) is 3.30. The van der Waals surface area contributed by atoms with Gasteiger partial charge in [0.25, 0.3) is 5.91 Å². The van der Waals surface area contributed by atoms with E-state index in [1.165, 1.54) is 23.9 Å². The van der Waals surface area contributed by atoms with Crippen molar-refractivity contribution in [1.29, 1.82) is 0 Å². The van der Waals surface area contributed by atoms with E-state index in [-0.39, 0.29) is 28.9 Å². The normalized spacial score (nSPS) is 16.3. The molecule has 61 heavy (non-hydrogen) atoms. The molecule has 12 heteroatoms. The number of carbonyl (C=O) groups is 2. The number of amides is 1. The van der Waals surface area contributed by atoms with Crippen LogP contribution in [0.3, 0.4) is 0 Å². The lowest BCUT2D eigenvalue weighted by Crippen LogP contribution is -2.41. The highest BCUT2D eigenvalue weighted by atomic mass is 16.5. The van der Waals surface area contributed by atoms with E-state index in [2.05, 4.69) is 44.5 Å². The number of pyridine rings is 1. The minimum atomic E-state index is -0.843. The zero-order chi connectivity index (χ0) is 42.1. The van der Waals surface area contributed by atoms with Gasteiger partial charge in [0, 0.05) is 43.2 Å². The quantitative estimate of drug-likeness (QED) is 0.0900. The minimum Gasteiger partial charge on any atom is -0.506 e. The lowest BCUT2D eigenvalue weighted by molar-refractivity contribution is -0.146. The van der Waals surface area contributed by atoms with Gasteiger partial charge in [-0.15, -0.1) is 0 Å². The number of aromatic amines is 1. The number of likely N-dealkylation sites (tertiary alicyclic amines) is 2. The first kappa shape index (κ1) is 41.5. The van der Waals surface area contributed by atoms with Gasteiger partial charge >= 0.3 is 5.97 Å². The first-order valence-corrected chi connectivity index (χ1v) is 21.2. The summed E-state index contributed by atoms with van der Waals surface area (Å²) in [7, 11) is 0. The topological polar surface area (TPSA) is 161 Å². The van der Waals surface area contributed by atoms with Crippen molar-refractivity contribution in [3.8, 4) is 17.0 Å². The fourth-order valence-corrected chi connectivity index (χ4v) is 8.62. The van der Waals surface area contributed by atoms with Crippen molar-refractivity contribution in [3.63, 3.8) is 0 Å².